The summed E-state index contributed by atoms with van der Waals surface area (Å²) < 4.78 is 10.7. The number of carbonyl (C=O) groups excluding carboxylic acids is 2. The summed E-state index contributed by atoms with van der Waals surface area (Å²) in [6, 6.07) is 3.27. The molecule has 0 radical (unpaired) electrons. The van der Waals surface area contributed by atoms with E-state index in [0.717, 1.165) is 6.42 Å². The number of nitrogens with one attached hydrogen (secondary N) is 1. The Balaban J connectivity index is 2.33. The number of anilines is 1. The van der Waals surface area contributed by atoms with Gasteiger partial charge in [0.25, 0.3) is 5.91 Å². The molecule has 2 rings (SSSR count). The molecule has 1 aliphatic rings. The van der Waals surface area contributed by atoms with Crippen LogP contribution in [0, 0.1) is 0 Å². The molecule has 1 aliphatic heterocycles. The van der Waals surface area contributed by atoms with Crippen LogP contribution >= 0.6 is 0 Å². The topological polar surface area (TPSA) is 88.1 Å². The summed E-state index contributed by atoms with van der Waals surface area (Å²) in [7, 11) is 1.48. The van der Waals surface area contributed by atoms with Crippen molar-refractivity contribution in [2.75, 3.05) is 31.7 Å². The lowest BCUT2D eigenvalue weighted by molar-refractivity contribution is -0.125. The van der Waals surface area contributed by atoms with E-state index in [9.17, 15) is 14.7 Å². The Morgan fingerprint density at radius 1 is 1.50 bits per heavy atom. The number of nitrogens with zero attached hydrogens (tertiary/aromatic N) is 1. The molecular formula is C15H20N2O5. The minimum absolute atomic E-state index is 0.0901. The third kappa shape index (κ3) is 3.30. The Labute approximate surface area is 128 Å². The van der Waals surface area contributed by atoms with E-state index in [0.29, 0.717) is 29.3 Å². The predicted molar refractivity (Wildman–Crippen MR) is 80.1 cm³/mol. The molecule has 0 aromatic heterocycles. The molecule has 7 heteroatoms. The van der Waals surface area contributed by atoms with Gasteiger partial charge in [0.05, 0.1) is 19.4 Å². The molecule has 0 bridgehead atoms. The number of hydrogen-bond donors (Lipinski definition) is 2. The van der Waals surface area contributed by atoms with E-state index in [4.69, 9.17) is 9.47 Å². The Bertz CT molecular complexity index is 573. The highest BCUT2D eigenvalue weighted by molar-refractivity contribution is 6.02. The third-order valence-corrected chi connectivity index (χ3v) is 3.30. The van der Waals surface area contributed by atoms with Gasteiger partial charge in [-0.25, -0.2) is 0 Å². The first kappa shape index (κ1) is 16.1. The van der Waals surface area contributed by atoms with Crippen molar-refractivity contribution in [1.82, 2.24) is 5.32 Å². The normalized spacial score (nSPS) is 13.4. The van der Waals surface area contributed by atoms with Crippen molar-refractivity contribution in [3.05, 3.63) is 17.7 Å². The zero-order valence-electron chi connectivity index (χ0n) is 12.7. The average Bonchev–Trinajstić information content (AvgIpc) is 2.54. The molecule has 2 amide bonds. The van der Waals surface area contributed by atoms with E-state index >= 15 is 0 Å². The number of aliphatic hydroxyl groups excluding tert-OH is 1. The molecule has 7 nitrogen and oxygen atoms in total. The summed E-state index contributed by atoms with van der Waals surface area (Å²) in [5.41, 5.74) is 1.01. The number of ether oxygens (including phenoxy) is 2. The molecule has 0 saturated heterocycles. The van der Waals surface area contributed by atoms with Crippen LogP contribution in [0.15, 0.2) is 12.1 Å². The van der Waals surface area contributed by atoms with Crippen LogP contribution in [0.4, 0.5) is 5.69 Å². The van der Waals surface area contributed by atoms with Crippen LogP contribution in [0.25, 0.3) is 0 Å². The van der Waals surface area contributed by atoms with Gasteiger partial charge in [-0.05, 0) is 24.1 Å². The van der Waals surface area contributed by atoms with E-state index in [-0.39, 0.29) is 31.6 Å². The molecule has 0 spiro atoms. The smallest absolute Gasteiger partial charge is 0.265 e. The van der Waals surface area contributed by atoms with Crippen molar-refractivity contribution >= 4 is 17.5 Å². The van der Waals surface area contributed by atoms with Crippen molar-refractivity contribution in [2.45, 2.75) is 20.0 Å². The molecule has 0 saturated carbocycles. The highest BCUT2D eigenvalue weighted by Gasteiger charge is 2.30. The van der Waals surface area contributed by atoms with Crippen LogP contribution in [0.5, 0.6) is 11.5 Å². The molecule has 0 atom stereocenters. The van der Waals surface area contributed by atoms with Crippen LogP contribution in [-0.4, -0.2) is 43.7 Å². The van der Waals surface area contributed by atoms with Gasteiger partial charge in [0.2, 0.25) is 5.91 Å². The molecular weight excluding hydrogens is 288 g/mol. The first-order valence-corrected chi connectivity index (χ1v) is 7.12. The zero-order chi connectivity index (χ0) is 16.1. The van der Waals surface area contributed by atoms with Gasteiger partial charge in [-0.1, -0.05) is 6.92 Å². The molecule has 120 valence electrons. The monoisotopic (exact) mass is 308 g/mol. The highest BCUT2D eigenvalue weighted by Crippen LogP contribution is 2.41. The van der Waals surface area contributed by atoms with Crippen molar-refractivity contribution in [3.8, 4) is 11.5 Å². The highest BCUT2D eigenvalue weighted by atomic mass is 16.5. The standard InChI is InChI=1S/C15H20N2O5/c1-3-4-16-13(19)7-17-11-5-10(8-18)6-12(21-2)15(11)22-9-14(17)20/h5-6,18H,3-4,7-9H2,1-2H3,(H,16,19). The first-order chi connectivity index (χ1) is 10.6. The van der Waals surface area contributed by atoms with Gasteiger partial charge in [0.1, 0.15) is 6.54 Å². The van der Waals surface area contributed by atoms with E-state index in [1.165, 1.54) is 12.0 Å². The summed E-state index contributed by atoms with van der Waals surface area (Å²) in [5, 5.41) is 12.1. The number of amides is 2. The van der Waals surface area contributed by atoms with Gasteiger partial charge in [0.15, 0.2) is 18.1 Å². The maximum atomic E-state index is 12.1. The van der Waals surface area contributed by atoms with Crippen molar-refractivity contribution in [1.29, 1.82) is 0 Å². The van der Waals surface area contributed by atoms with E-state index in [1.807, 2.05) is 6.92 Å². The number of rotatable bonds is 6. The first-order valence-electron chi connectivity index (χ1n) is 7.12. The predicted octanol–water partition coefficient (Wildman–Crippen LogP) is 0.439. The van der Waals surface area contributed by atoms with E-state index < -0.39 is 0 Å². The Hall–Kier alpha value is -2.28. The van der Waals surface area contributed by atoms with Crippen molar-refractivity contribution < 1.29 is 24.2 Å². The minimum Gasteiger partial charge on any atom is -0.493 e. The number of benzene rings is 1. The molecule has 2 N–H and O–H groups in total. The van der Waals surface area contributed by atoms with Gasteiger partial charge in [-0.3, -0.25) is 14.5 Å². The molecule has 1 aromatic rings. The van der Waals surface area contributed by atoms with Crippen LogP contribution in [0.1, 0.15) is 18.9 Å². The van der Waals surface area contributed by atoms with Crippen LogP contribution in [0.2, 0.25) is 0 Å². The Morgan fingerprint density at radius 3 is 2.91 bits per heavy atom. The molecule has 0 unspecified atom stereocenters. The SMILES string of the molecule is CCCNC(=O)CN1C(=O)COc2c(OC)cc(CO)cc21. The zero-order valence-corrected chi connectivity index (χ0v) is 12.7. The van der Waals surface area contributed by atoms with E-state index in [2.05, 4.69) is 5.32 Å². The van der Waals surface area contributed by atoms with Crippen molar-refractivity contribution in [2.24, 2.45) is 0 Å². The lowest BCUT2D eigenvalue weighted by Gasteiger charge is -2.30. The fourth-order valence-electron chi connectivity index (χ4n) is 2.21. The van der Waals surface area contributed by atoms with Gasteiger partial charge in [-0.15, -0.1) is 0 Å². The summed E-state index contributed by atoms with van der Waals surface area (Å²) in [6.07, 6.45) is 0.821. The summed E-state index contributed by atoms with van der Waals surface area (Å²) in [4.78, 5) is 25.3. The summed E-state index contributed by atoms with van der Waals surface area (Å²) in [5.74, 6) is 0.281. The lowest BCUT2D eigenvalue weighted by Crippen LogP contribution is -2.45. The Kier molecular flexibility index (Phi) is 5.21. The van der Waals surface area contributed by atoms with Crippen LogP contribution in [-0.2, 0) is 16.2 Å². The van der Waals surface area contributed by atoms with Crippen LogP contribution in [0.3, 0.4) is 0 Å². The van der Waals surface area contributed by atoms with Crippen LogP contribution < -0.4 is 19.7 Å². The van der Waals surface area contributed by atoms with Gasteiger partial charge < -0.3 is 19.9 Å². The maximum absolute atomic E-state index is 12.1. The van der Waals surface area contributed by atoms with Gasteiger partial charge in [0, 0.05) is 6.54 Å². The van der Waals surface area contributed by atoms with Gasteiger partial charge >= 0.3 is 0 Å². The second-order valence-corrected chi connectivity index (χ2v) is 4.92. The quantitative estimate of drug-likeness (QED) is 0.796. The minimum atomic E-state index is -0.309. The van der Waals surface area contributed by atoms with Crippen molar-refractivity contribution in [3.63, 3.8) is 0 Å². The lowest BCUT2D eigenvalue weighted by atomic mass is 10.1. The maximum Gasteiger partial charge on any atom is 0.265 e. The number of methoxy groups -OCH3 is 1. The number of hydrogen-bond acceptors (Lipinski definition) is 5. The average molecular weight is 308 g/mol. The molecule has 22 heavy (non-hydrogen) atoms. The van der Waals surface area contributed by atoms with E-state index in [1.54, 1.807) is 12.1 Å². The summed E-state index contributed by atoms with van der Waals surface area (Å²) >= 11 is 0. The number of carbonyl (C=O) groups is 2. The fraction of sp³-hybridized carbons (Fsp3) is 0.467. The molecule has 0 fully saturated rings. The fourth-order valence-corrected chi connectivity index (χ4v) is 2.21. The second kappa shape index (κ2) is 7.13. The summed E-state index contributed by atoms with van der Waals surface area (Å²) in [6.45, 7) is 2.07. The molecule has 1 aromatic carbocycles. The second-order valence-electron chi connectivity index (χ2n) is 4.92. The number of fused-ring (bicyclic) bond motifs is 1. The largest absolute Gasteiger partial charge is 0.493 e. The molecule has 1 heterocycles. The van der Waals surface area contributed by atoms with Gasteiger partial charge in [-0.2, -0.15) is 0 Å². The molecule has 0 aliphatic carbocycles. The third-order valence-electron chi connectivity index (χ3n) is 3.30. The Morgan fingerprint density at radius 2 is 2.27 bits per heavy atom. The number of aliphatic hydroxyl groups is 1.